The van der Waals surface area contributed by atoms with Gasteiger partial charge in [0.2, 0.25) is 0 Å². The zero-order valence-corrected chi connectivity index (χ0v) is 13.9. The number of rotatable bonds is 8. The average Bonchev–Trinajstić information content (AvgIpc) is 2.61. The van der Waals surface area contributed by atoms with Crippen molar-refractivity contribution in [2.75, 3.05) is 26.3 Å². The van der Waals surface area contributed by atoms with Gasteiger partial charge in [0.05, 0.1) is 0 Å². The third-order valence-electron chi connectivity index (χ3n) is 4.57. The van der Waals surface area contributed by atoms with Gasteiger partial charge in [0, 0.05) is 32.8 Å². The predicted molar refractivity (Wildman–Crippen MR) is 95.6 cm³/mol. The topological polar surface area (TPSA) is 12.5 Å². The Morgan fingerprint density at radius 2 is 1.57 bits per heavy atom. The van der Waals surface area contributed by atoms with Crippen molar-refractivity contribution in [3.8, 4) is 0 Å². The van der Waals surface area contributed by atoms with Crippen LogP contribution < -0.4 is 0 Å². The molecule has 0 atom stereocenters. The summed E-state index contributed by atoms with van der Waals surface area (Å²) in [6.45, 7) is 5.19. The first-order valence-corrected chi connectivity index (χ1v) is 8.82. The molecule has 0 bridgehead atoms. The van der Waals surface area contributed by atoms with E-state index in [9.17, 15) is 0 Å². The number of aryl methyl sites for hydroxylation is 1. The zero-order chi connectivity index (χ0) is 15.7. The summed E-state index contributed by atoms with van der Waals surface area (Å²) in [5, 5.41) is 0. The minimum absolute atomic E-state index is 0.873. The molecule has 0 unspecified atom stereocenters. The fraction of sp³-hybridized carbons (Fsp3) is 0.429. The van der Waals surface area contributed by atoms with Crippen LogP contribution in [0.4, 0.5) is 0 Å². The average molecular weight is 309 g/mol. The third kappa shape index (κ3) is 5.19. The summed E-state index contributed by atoms with van der Waals surface area (Å²) < 4.78 is 5.79. The van der Waals surface area contributed by atoms with Gasteiger partial charge in [0.25, 0.3) is 0 Å². The second kappa shape index (κ2) is 8.85. The molecule has 0 aliphatic carbocycles. The molecule has 0 radical (unpaired) electrons. The zero-order valence-electron chi connectivity index (χ0n) is 13.9. The summed E-state index contributed by atoms with van der Waals surface area (Å²) in [5.74, 6) is 0. The number of hydrogen-bond donors (Lipinski definition) is 0. The molecule has 122 valence electrons. The first-order valence-electron chi connectivity index (χ1n) is 8.82. The monoisotopic (exact) mass is 309 g/mol. The molecule has 23 heavy (non-hydrogen) atoms. The van der Waals surface area contributed by atoms with Crippen LogP contribution in [0.5, 0.6) is 0 Å². The molecule has 0 aromatic heterocycles. The van der Waals surface area contributed by atoms with E-state index in [1.165, 1.54) is 29.7 Å². The highest BCUT2D eigenvalue weighted by Crippen LogP contribution is 2.18. The molecule has 0 amide bonds. The Hall–Kier alpha value is -1.64. The van der Waals surface area contributed by atoms with E-state index in [-0.39, 0.29) is 0 Å². The molecule has 1 heterocycles. The maximum Gasteiger partial charge on any atom is 0.0478 e. The van der Waals surface area contributed by atoms with Gasteiger partial charge >= 0.3 is 0 Å². The predicted octanol–water partition coefficient (Wildman–Crippen LogP) is 4.08. The molecule has 0 spiro atoms. The van der Waals surface area contributed by atoms with Gasteiger partial charge in [-0.25, -0.2) is 0 Å². The van der Waals surface area contributed by atoms with Gasteiger partial charge in [-0.05, 0) is 42.4 Å². The molecule has 1 aliphatic heterocycles. The highest BCUT2D eigenvalue weighted by Gasteiger charge is 2.14. The van der Waals surface area contributed by atoms with E-state index in [0.717, 1.165) is 45.6 Å². The summed E-state index contributed by atoms with van der Waals surface area (Å²) in [6.07, 6.45) is 4.55. The van der Waals surface area contributed by atoms with Crippen LogP contribution in [-0.4, -0.2) is 31.2 Å². The van der Waals surface area contributed by atoms with E-state index in [2.05, 4.69) is 59.5 Å². The van der Waals surface area contributed by atoms with E-state index in [0.29, 0.717) is 0 Å². The second-order valence-electron chi connectivity index (χ2n) is 6.35. The maximum atomic E-state index is 5.79. The fourth-order valence-corrected chi connectivity index (χ4v) is 3.26. The van der Waals surface area contributed by atoms with Crippen molar-refractivity contribution in [1.29, 1.82) is 0 Å². The van der Waals surface area contributed by atoms with Crippen LogP contribution in [0.25, 0.3) is 0 Å². The van der Waals surface area contributed by atoms with Crippen LogP contribution in [-0.2, 0) is 24.1 Å². The van der Waals surface area contributed by atoms with E-state index in [1.54, 1.807) is 0 Å². The van der Waals surface area contributed by atoms with E-state index >= 15 is 0 Å². The van der Waals surface area contributed by atoms with Crippen LogP contribution in [0.1, 0.15) is 29.5 Å². The lowest BCUT2D eigenvalue weighted by atomic mass is 10.00. The molecule has 2 aromatic carbocycles. The molecule has 2 aromatic rings. The van der Waals surface area contributed by atoms with Crippen LogP contribution in [0.3, 0.4) is 0 Å². The first-order chi connectivity index (χ1) is 11.4. The summed E-state index contributed by atoms with van der Waals surface area (Å²) in [6, 6.07) is 19.5. The molecular weight excluding hydrogens is 282 g/mol. The Balaban J connectivity index is 1.25. The fourth-order valence-electron chi connectivity index (χ4n) is 3.26. The largest absolute Gasteiger partial charge is 0.381 e. The summed E-state index contributed by atoms with van der Waals surface area (Å²) >= 11 is 0. The Morgan fingerprint density at radius 1 is 0.826 bits per heavy atom. The van der Waals surface area contributed by atoms with E-state index < -0.39 is 0 Å². The van der Waals surface area contributed by atoms with Crippen LogP contribution in [0.2, 0.25) is 0 Å². The number of fused-ring (bicyclic) bond motifs is 1. The van der Waals surface area contributed by atoms with Gasteiger partial charge < -0.3 is 4.74 Å². The van der Waals surface area contributed by atoms with Gasteiger partial charge in [0.1, 0.15) is 0 Å². The second-order valence-corrected chi connectivity index (χ2v) is 6.35. The first kappa shape index (κ1) is 16.2. The van der Waals surface area contributed by atoms with Crippen molar-refractivity contribution in [3.05, 3.63) is 71.3 Å². The maximum absolute atomic E-state index is 5.79. The Morgan fingerprint density at radius 3 is 2.43 bits per heavy atom. The molecule has 1 aliphatic rings. The van der Waals surface area contributed by atoms with Crippen molar-refractivity contribution in [2.45, 2.75) is 32.2 Å². The third-order valence-corrected chi connectivity index (χ3v) is 4.57. The van der Waals surface area contributed by atoms with Gasteiger partial charge in [-0.15, -0.1) is 0 Å². The smallest absolute Gasteiger partial charge is 0.0478 e. The lowest BCUT2D eigenvalue weighted by Gasteiger charge is -2.28. The van der Waals surface area contributed by atoms with Gasteiger partial charge in [-0.3, -0.25) is 4.90 Å². The van der Waals surface area contributed by atoms with Crippen molar-refractivity contribution in [2.24, 2.45) is 0 Å². The van der Waals surface area contributed by atoms with Crippen molar-refractivity contribution < 1.29 is 4.74 Å². The summed E-state index contributed by atoms with van der Waals surface area (Å²) in [7, 11) is 0. The normalized spacial score (nSPS) is 14.6. The minimum Gasteiger partial charge on any atom is -0.381 e. The Labute approximate surface area is 140 Å². The number of benzene rings is 2. The lowest BCUT2D eigenvalue weighted by molar-refractivity contribution is 0.116. The van der Waals surface area contributed by atoms with E-state index in [1.807, 2.05) is 0 Å². The van der Waals surface area contributed by atoms with Crippen molar-refractivity contribution in [1.82, 2.24) is 4.90 Å². The number of nitrogens with zero attached hydrogens (tertiary/aromatic N) is 1. The minimum atomic E-state index is 0.873. The molecule has 2 nitrogen and oxygen atoms in total. The van der Waals surface area contributed by atoms with Gasteiger partial charge in [-0.2, -0.15) is 0 Å². The molecular formula is C21H27NO. The van der Waals surface area contributed by atoms with Crippen molar-refractivity contribution >= 4 is 0 Å². The van der Waals surface area contributed by atoms with Gasteiger partial charge in [-0.1, -0.05) is 54.6 Å². The SMILES string of the molecule is c1ccc(CCCOCCCN2CCc3ccccc3C2)cc1. The molecule has 0 saturated heterocycles. The molecule has 0 N–H and O–H groups in total. The van der Waals surface area contributed by atoms with Gasteiger partial charge in [0.15, 0.2) is 0 Å². The van der Waals surface area contributed by atoms with Crippen LogP contribution >= 0.6 is 0 Å². The van der Waals surface area contributed by atoms with E-state index in [4.69, 9.17) is 4.74 Å². The quantitative estimate of drug-likeness (QED) is 0.681. The van der Waals surface area contributed by atoms with Crippen molar-refractivity contribution in [3.63, 3.8) is 0 Å². The van der Waals surface area contributed by atoms with Crippen LogP contribution in [0.15, 0.2) is 54.6 Å². The van der Waals surface area contributed by atoms with Crippen LogP contribution in [0, 0.1) is 0 Å². The Bertz CT molecular complexity index is 581. The number of ether oxygens (including phenoxy) is 1. The highest BCUT2D eigenvalue weighted by atomic mass is 16.5. The highest BCUT2D eigenvalue weighted by molar-refractivity contribution is 5.29. The Kier molecular flexibility index (Phi) is 6.25. The summed E-state index contributed by atoms with van der Waals surface area (Å²) in [4.78, 5) is 2.55. The molecule has 0 saturated carbocycles. The molecule has 0 fully saturated rings. The molecule has 2 heteroatoms. The summed E-state index contributed by atoms with van der Waals surface area (Å²) in [5.41, 5.74) is 4.44. The molecule has 3 rings (SSSR count). The standard InChI is InChI=1S/C21H27NO/c1-2-8-19(9-3-1)10-6-16-23-17-7-14-22-15-13-20-11-4-5-12-21(20)18-22/h1-5,8-9,11-12H,6-7,10,13-18H2. The number of hydrogen-bond acceptors (Lipinski definition) is 2. The lowest BCUT2D eigenvalue weighted by Crippen LogP contribution is -2.31.